The summed E-state index contributed by atoms with van der Waals surface area (Å²) in [6.07, 6.45) is 3.36. The van der Waals surface area contributed by atoms with Gasteiger partial charge in [-0.1, -0.05) is 19.1 Å². The molecule has 2 rings (SSSR count). The van der Waals surface area contributed by atoms with Gasteiger partial charge in [-0.05, 0) is 49.3 Å². The number of rotatable bonds is 6. The third-order valence-electron chi connectivity index (χ3n) is 4.06. The lowest BCUT2D eigenvalue weighted by molar-refractivity contribution is -0.123. The highest BCUT2D eigenvalue weighted by molar-refractivity contribution is 5.76. The first kappa shape index (κ1) is 14.9. The van der Waals surface area contributed by atoms with Crippen molar-refractivity contribution < 1.29 is 15.0 Å². The average molecular weight is 277 g/mol. The van der Waals surface area contributed by atoms with E-state index in [-0.39, 0.29) is 23.8 Å². The van der Waals surface area contributed by atoms with Crippen molar-refractivity contribution in [1.82, 2.24) is 5.32 Å². The first-order valence-corrected chi connectivity index (χ1v) is 7.33. The Morgan fingerprint density at radius 1 is 1.45 bits per heavy atom. The summed E-state index contributed by atoms with van der Waals surface area (Å²) in [6, 6.07) is 7.18. The fourth-order valence-corrected chi connectivity index (χ4v) is 2.76. The van der Waals surface area contributed by atoms with E-state index >= 15 is 0 Å². The number of amides is 1. The highest BCUT2D eigenvalue weighted by Gasteiger charge is 2.33. The zero-order valence-corrected chi connectivity index (χ0v) is 11.9. The molecule has 0 bridgehead atoms. The van der Waals surface area contributed by atoms with Crippen LogP contribution in [0.3, 0.4) is 0 Å². The van der Waals surface area contributed by atoms with Crippen molar-refractivity contribution in [2.75, 3.05) is 0 Å². The van der Waals surface area contributed by atoms with Crippen LogP contribution in [0.4, 0.5) is 0 Å². The van der Waals surface area contributed by atoms with Crippen LogP contribution < -0.4 is 5.32 Å². The number of aliphatic hydroxyl groups is 1. The Morgan fingerprint density at radius 2 is 2.20 bits per heavy atom. The molecule has 1 amide bonds. The van der Waals surface area contributed by atoms with E-state index in [4.69, 9.17) is 0 Å². The normalized spacial score (nSPS) is 22.9. The van der Waals surface area contributed by atoms with Gasteiger partial charge in [0, 0.05) is 12.5 Å². The summed E-state index contributed by atoms with van der Waals surface area (Å²) in [6.45, 7) is 2.06. The second-order valence-corrected chi connectivity index (χ2v) is 5.64. The summed E-state index contributed by atoms with van der Waals surface area (Å²) in [5.74, 6) is 0.694. The summed E-state index contributed by atoms with van der Waals surface area (Å²) < 4.78 is 0. The van der Waals surface area contributed by atoms with E-state index in [0.717, 1.165) is 24.8 Å². The van der Waals surface area contributed by atoms with Gasteiger partial charge in [-0.2, -0.15) is 0 Å². The average Bonchev–Trinajstić information content (AvgIpc) is 2.39. The molecule has 110 valence electrons. The van der Waals surface area contributed by atoms with Crippen molar-refractivity contribution in [1.29, 1.82) is 0 Å². The smallest absolute Gasteiger partial charge is 0.220 e. The third-order valence-corrected chi connectivity index (χ3v) is 4.06. The van der Waals surface area contributed by atoms with E-state index in [1.807, 2.05) is 6.07 Å². The lowest BCUT2D eigenvalue weighted by Gasteiger charge is -2.37. The van der Waals surface area contributed by atoms with Crippen LogP contribution in [0.5, 0.6) is 5.75 Å². The van der Waals surface area contributed by atoms with Crippen molar-refractivity contribution in [3.8, 4) is 5.75 Å². The number of phenols is 1. The van der Waals surface area contributed by atoms with E-state index in [1.54, 1.807) is 18.2 Å². The summed E-state index contributed by atoms with van der Waals surface area (Å²) >= 11 is 0. The molecule has 1 aromatic carbocycles. The van der Waals surface area contributed by atoms with Crippen molar-refractivity contribution in [2.45, 2.75) is 51.2 Å². The Bertz CT molecular complexity index is 455. The van der Waals surface area contributed by atoms with Gasteiger partial charge in [0.2, 0.25) is 5.91 Å². The minimum absolute atomic E-state index is 0.0431. The Balaban J connectivity index is 1.77. The molecule has 0 saturated heterocycles. The number of carbonyl (C=O) groups is 1. The highest BCUT2D eigenvalue weighted by atomic mass is 16.3. The summed E-state index contributed by atoms with van der Waals surface area (Å²) in [4.78, 5) is 12.0. The molecule has 1 aliphatic carbocycles. The molecule has 4 nitrogen and oxygen atoms in total. The molecule has 0 heterocycles. The fraction of sp³-hybridized carbons (Fsp3) is 0.562. The number of benzene rings is 1. The van der Waals surface area contributed by atoms with Gasteiger partial charge in [-0.25, -0.2) is 0 Å². The number of hydrogen-bond donors (Lipinski definition) is 3. The maximum absolute atomic E-state index is 12.0. The minimum Gasteiger partial charge on any atom is -0.508 e. The number of hydrogen-bond acceptors (Lipinski definition) is 3. The molecule has 0 aromatic heterocycles. The highest BCUT2D eigenvalue weighted by Crippen LogP contribution is 2.31. The van der Waals surface area contributed by atoms with Gasteiger partial charge < -0.3 is 15.5 Å². The number of aliphatic hydroxyl groups excluding tert-OH is 1. The molecule has 1 atom stereocenters. The van der Waals surface area contributed by atoms with Crippen LogP contribution in [0.1, 0.15) is 38.2 Å². The number of nitrogens with one attached hydrogen (secondary N) is 1. The van der Waals surface area contributed by atoms with Crippen molar-refractivity contribution in [3.05, 3.63) is 29.8 Å². The van der Waals surface area contributed by atoms with Crippen LogP contribution >= 0.6 is 0 Å². The molecule has 1 saturated carbocycles. The first-order chi connectivity index (χ1) is 9.58. The predicted molar refractivity (Wildman–Crippen MR) is 77.4 cm³/mol. The molecule has 0 unspecified atom stereocenters. The van der Waals surface area contributed by atoms with Crippen molar-refractivity contribution >= 4 is 5.91 Å². The number of phenolic OH excluding ortho intramolecular Hbond substituents is 1. The Morgan fingerprint density at radius 3 is 2.80 bits per heavy atom. The molecule has 0 aliphatic heterocycles. The molecule has 4 heteroatoms. The number of carbonyl (C=O) groups excluding carboxylic acids is 1. The van der Waals surface area contributed by atoms with Crippen LogP contribution in [-0.2, 0) is 11.2 Å². The maximum atomic E-state index is 12.0. The molecular weight excluding hydrogens is 254 g/mol. The van der Waals surface area contributed by atoms with Crippen molar-refractivity contribution in [2.24, 2.45) is 5.92 Å². The molecular formula is C16H23NO3. The fourth-order valence-electron chi connectivity index (χ4n) is 2.76. The molecule has 3 N–H and O–H groups in total. The molecule has 1 aliphatic rings. The third kappa shape index (κ3) is 3.97. The van der Waals surface area contributed by atoms with E-state index in [2.05, 4.69) is 12.2 Å². The van der Waals surface area contributed by atoms with E-state index < -0.39 is 0 Å². The van der Waals surface area contributed by atoms with Gasteiger partial charge >= 0.3 is 0 Å². The number of aromatic hydroxyl groups is 1. The van der Waals surface area contributed by atoms with Gasteiger partial charge in [-0.3, -0.25) is 4.79 Å². The number of aryl methyl sites for hydroxylation is 1. The molecule has 1 fully saturated rings. The lowest BCUT2D eigenvalue weighted by Crippen LogP contribution is -2.46. The lowest BCUT2D eigenvalue weighted by atomic mass is 9.76. The van der Waals surface area contributed by atoms with Crippen LogP contribution in [0, 0.1) is 5.92 Å². The predicted octanol–water partition coefficient (Wildman–Crippen LogP) is 1.99. The SMILES string of the molecule is CC[C@H](NC(=O)CCc1cccc(O)c1)C1CC(O)C1. The minimum atomic E-state index is -0.182. The standard InChI is InChI=1S/C16H23NO3/c1-2-15(12-9-14(19)10-12)17-16(20)7-6-11-4-3-5-13(18)8-11/h3-5,8,12,14-15,18-19H,2,6-7,9-10H2,1H3,(H,17,20)/t12?,14?,15-/m0/s1. The van der Waals surface area contributed by atoms with Crippen LogP contribution in [0.15, 0.2) is 24.3 Å². The maximum Gasteiger partial charge on any atom is 0.220 e. The monoisotopic (exact) mass is 277 g/mol. The molecule has 20 heavy (non-hydrogen) atoms. The van der Waals surface area contributed by atoms with Crippen LogP contribution in [0.25, 0.3) is 0 Å². The van der Waals surface area contributed by atoms with E-state index in [0.29, 0.717) is 18.8 Å². The molecule has 0 radical (unpaired) electrons. The van der Waals surface area contributed by atoms with Gasteiger partial charge in [0.15, 0.2) is 0 Å². The summed E-state index contributed by atoms with van der Waals surface area (Å²) in [5, 5.41) is 21.8. The van der Waals surface area contributed by atoms with Crippen molar-refractivity contribution in [3.63, 3.8) is 0 Å². The Hall–Kier alpha value is -1.55. The largest absolute Gasteiger partial charge is 0.508 e. The van der Waals surface area contributed by atoms with Crippen LogP contribution in [0.2, 0.25) is 0 Å². The van der Waals surface area contributed by atoms with Crippen LogP contribution in [-0.4, -0.2) is 28.3 Å². The zero-order valence-electron chi connectivity index (χ0n) is 11.9. The molecule has 1 aromatic rings. The van der Waals surface area contributed by atoms with Gasteiger partial charge in [0.25, 0.3) is 0 Å². The van der Waals surface area contributed by atoms with E-state index in [9.17, 15) is 15.0 Å². The zero-order chi connectivity index (χ0) is 14.5. The van der Waals surface area contributed by atoms with Gasteiger partial charge in [0.05, 0.1) is 6.10 Å². The summed E-state index contributed by atoms with van der Waals surface area (Å²) in [5.41, 5.74) is 0.965. The second kappa shape index (κ2) is 6.75. The Kier molecular flexibility index (Phi) is 5.01. The second-order valence-electron chi connectivity index (χ2n) is 5.64. The first-order valence-electron chi connectivity index (χ1n) is 7.33. The molecule has 0 spiro atoms. The van der Waals surface area contributed by atoms with Gasteiger partial charge in [0.1, 0.15) is 5.75 Å². The van der Waals surface area contributed by atoms with E-state index in [1.165, 1.54) is 0 Å². The quantitative estimate of drug-likeness (QED) is 0.745. The topological polar surface area (TPSA) is 69.6 Å². The summed E-state index contributed by atoms with van der Waals surface area (Å²) in [7, 11) is 0. The Labute approximate surface area is 119 Å². The van der Waals surface area contributed by atoms with Gasteiger partial charge in [-0.15, -0.1) is 0 Å².